The second-order valence-electron chi connectivity index (χ2n) is 5.09. The lowest BCUT2D eigenvalue weighted by atomic mass is 9.69. The van der Waals surface area contributed by atoms with E-state index in [-0.39, 0.29) is 11.6 Å². The second-order valence-corrected chi connectivity index (χ2v) is 5.09. The molecule has 14 heavy (non-hydrogen) atoms. The van der Waals surface area contributed by atoms with Crippen molar-refractivity contribution in [2.45, 2.75) is 63.8 Å². The van der Waals surface area contributed by atoms with Crippen LogP contribution in [-0.2, 0) is 9.47 Å². The minimum Gasteiger partial charge on any atom is -0.381 e. The molecule has 80 valence electrons. The largest absolute Gasteiger partial charge is 0.381 e. The Kier molecular flexibility index (Phi) is 2.65. The molecule has 0 saturated carbocycles. The van der Waals surface area contributed by atoms with E-state index in [1.165, 1.54) is 0 Å². The number of rotatable bonds is 1. The van der Waals surface area contributed by atoms with Crippen molar-refractivity contribution in [2.75, 3.05) is 0 Å². The fourth-order valence-corrected chi connectivity index (χ4v) is 2.78. The summed E-state index contributed by atoms with van der Waals surface area (Å²) in [6, 6.07) is 0.267. The van der Waals surface area contributed by atoms with Crippen molar-refractivity contribution in [2.24, 2.45) is 5.92 Å². The number of ether oxygens (including phenoxy) is 2. The van der Waals surface area contributed by atoms with Crippen LogP contribution in [0.1, 0.15) is 40.0 Å². The van der Waals surface area contributed by atoms with Gasteiger partial charge in [-0.05, 0) is 26.2 Å². The second kappa shape index (κ2) is 3.53. The molecule has 3 heteroatoms. The molecule has 0 spiro atoms. The van der Waals surface area contributed by atoms with E-state index < -0.39 is 0 Å². The normalized spacial score (nSPS) is 53.1. The zero-order valence-corrected chi connectivity index (χ0v) is 9.75. The monoisotopic (exact) mass is 196 g/mol. The molecule has 5 unspecified atom stereocenters. The first-order chi connectivity index (χ1) is 6.57. The van der Waals surface area contributed by atoms with Crippen molar-refractivity contribution in [3.05, 3.63) is 0 Å². The van der Waals surface area contributed by atoms with E-state index in [2.05, 4.69) is 28.6 Å². The fraction of sp³-hybridized carbons (Fsp3) is 1.00. The molecule has 3 aliphatic rings. The van der Waals surface area contributed by atoms with Gasteiger partial charge in [0.1, 0.15) is 7.85 Å². The SMILES string of the molecule is BC1OC(CC)CCC2(C)OC1C2C. The molecule has 5 atom stereocenters. The van der Waals surface area contributed by atoms with Gasteiger partial charge >= 0.3 is 0 Å². The van der Waals surface area contributed by atoms with Crippen LogP contribution in [0.3, 0.4) is 0 Å². The van der Waals surface area contributed by atoms with Crippen molar-refractivity contribution in [3.8, 4) is 0 Å². The molecule has 3 heterocycles. The summed E-state index contributed by atoms with van der Waals surface area (Å²) in [5.74, 6) is 0.648. The molecule has 3 fully saturated rings. The minimum atomic E-state index is 0.135. The van der Waals surface area contributed by atoms with Gasteiger partial charge in [-0.1, -0.05) is 13.8 Å². The van der Waals surface area contributed by atoms with Crippen molar-refractivity contribution < 1.29 is 9.47 Å². The Hall–Kier alpha value is -0.0151. The molecule has 0 aromatic carbocycles. The Bertz CT molecular complexity index is 221. The molecular formula is C11H21BO2. The van der Waals surface area contributed by atoms with Gasteiger partial charge in [0, 0.05) is 5.92 Å². The molecule has 3 saturated heterocycles. The van der Waals surface area contributed by atoms with Crippen LogP contribution in [0.25, 0.3) is 0 Å². The molecule has 0 aliphatic carbocycles. The quantitative estimate of drug-likeness (QED) is 0.589. The smallest absolute Gasteiger partial charge is 0.142 e. The van der Waals surface area contributed by atoms with Gasteiger partial charge in [0.2, 0.25) is 0 Å². The molecule has 3 rings (SSSR count). The van der Waals surface area contributed by atoms with Gasteiger partial charge in [-0.3, -0.25) is 0 Å². The van der Waals surface area contributed by atoms with E-state index in [0.29, 0.717) is 18.1 Å². The predicted molar refractivity (Wildman–Crippen MR) is 59.2 cm³/mol. The van der Waals surface area contributed by atoms with Crippen LogP contribution in [0.5, 0.6) is 0 Å². The highest BCUT2D eigenvalue weighted by molar-refractivity contribution is 6.11. The first-order valence-electron chi connectivity index (χ1n) is 5.90. The maximum absolute atomic E-state index is 5.98. The Morgan fingerprint density at radius 2 is 2.21 bits per heavy atom. The third-order valence-corrected chi connectivity index (χ3v) is 4.15. The zero-order valence-electron chi connectivity index (χ0n) is 9.75. The van der Waals surface area contributed by atoms with E-state index in [1.807, 2.05) is 0 Å². The predicted octanol–water partition coefficient (Wildman–Crippen LogP) is 1.33. The van der Waals surface area contributed by atoms with E-state index in [1.54, 1.807) is 0 Å². The highest BCUT2D eigenvalue weighted by Crippen LogP contribution is 2.45. The molecule has 0 N–H and O–H groups in total. The summed E-state index contributed by atoms with van der Waals surface area (Å²) in [6.07, 6.45) is 4.20. The highest BCUT2D eigenvalue weighted by atomic mass is 16.6. The van der Waals surface area contributed by atoms with E-state index in [0.717, 1.165) is 19.3 Å². The first kappa shape index (κ1) is 10.5. The van der Waals surface area contributed by atoms with Gasteiger partial charge in [-0.25, -0.2) is 0 Å². The van der Waals surface area contributed by atoms with E-state index >= 15 is 0 Å². The van der Waals surface area contributed by atoms with E-state index in [4.69, 9.17) is 9.47 Å². The number of fused-ring (bicyclic) bond motifs is 4. The van der Waals surface area contributed by atoms with Gasteiger partial charge < -0.3 is 9.47 Å². The zero-order chi connectivity index (χ0) is 10.3. The summed E-state index contributed by atoms with van der Waals surface area (Å²) in [6.45, 7) is 6.75. The van der Waals surface area contributed by atoms with Gasteiger partial charge in [0.15, 0.2) is 0 Å². The Labute approximate surface area is 87.8 Å². The lowest BCUT2D eigenvalue weighted by molar-refractivity contribution is -0.289. The summed E-state index contributed by atoms with van der Waals surface area (Å²) in [5.41, 5.74) is 0.135. The van der Waals surface area contributed by atoms with Crippen LogP contribution in [0.15, 0.2) is 0 Å². The Balaban J connectivity index is 2.06. The van der Waals surface area contributed by atoms with Crippen molar-refractivity contribution in [1.29, 1.82) is 0 Å². The Morgan fingerprint density at radius 3 is 2.79 bits per heavy atom. The fourth-order valence-electron chi connectivity index (χ4n) is 2.78. The van der Waals surface area contributed by atoms with Crippen molar-refractivity contribution in [3.63, 3.8) is 0 Å². The summed E-state index contributed by atoms with van der Waals surface area (Å²) < 4.78 is 11.9. The van der Waals surface area contributed by atoms with Gasteiger partial charge in [0.05, 0.1) is 23.8 Å². The molecule has 0 aromatic rings. The molecule has 0 aromatic heterocycles. The summed E-state index contributed by atoms with van der Waals surface area (Å²) in [7, 11) is 2.15. The molecule has 0 amide bonds. The molecule has 0 radical (unpaired) electrons. The summed E-state index contributed by atoms with van der Waals surface area (Å²) in [5, 5.41) is 0. The summed E-state index contributed by atoms with van der Waals surface area (Å²) in [4.78, 5) is 0. The average molecular weight is 196 g/mol. The van der Waals surface area contributed by atoms with Gasteiger partial charge in [-0.15, -0.1) is 0 Å². The number of hydrogen-bond acceptors (Lipinski definition) is 2. The van der Waals surface area contributed by atoms with Crippen molar-refractivity contribution >= 4 is 7.85 Å². The highest BCUT2D eigenvalue weighted by Gasteiger charge is 2.52. The van der Waals surface area contributed by atoms with Crippen molar-refractivity contribution in [1.82, 2.24) is 0 Å². The van der Waals surface area contributed by atoms with Crippen LogP contribution in [-0.4, -0.2) is 31.7 Å². The van der Waals surface area contributed by atoms with Crippen LogP contribution in [0.2, 0.25) is 0 Å². The summed E-state index contributed by atoms with van der Waals surface area (Å²) >= 11 is 0. The van der Waals surface area contributed by atoms with E-state index in [9.17, 15) is 0 Å². The minimum absolute atomic E-state index is 0.135. The van der Waals surface area contributed by atoms with Crippen LogP contribution in [0, 0.1) is 5.92 Å². The maximum atomic E-state index is 5.98. The third-order valence-electron chi connectivity index (χ3n) is 4.15. The number of hydrogen-bond donors (Lipinski definition) is 0. The van der Waals surface area contributed by atoms with Gasteiger partial charge in [0.25, 0.3) is 0 Å². The average Bonchev–Trinajstić information content (AvgIpc) is 2.17. The molecule has 2 bridgehead atoms. The molecule has 2 nitrogen and oxygen atoms in total. The van der Waals surface area contributed by atoms with Crippen LogP contribution in [0.4, 0.5) is 0 Å². The molecular weight excluding hydrogens is 175 g/mol. The first-order valence-corrected chi connectivity index (χ1v) is 5.90. The van der Waals surface area contributed by atoms with Crippen LogP contribution < -0.4 is 0 Å². The topological polar surface area (TPSA) is 18.5 Å². The lowest BCUT2D eigenvalue weighted by Crippen LogP contribution is -2.63. The maximum Gasteiger partial charge on any atom is 0.142 e. The molecule has 3 aliphatic heterocycles. The van der Waals surface area contributed by atoms with Gasteiger partial charge in [-0.2, -0.15) is 0 Å². The standard InChI is InChI=1S/C11H21BO2/c1-4-8-5-6-11(3)7(2)9(14-11)10(12)13-8/h7-10H,4-6,12H2,1-3H3. The lowest BCUT2D eigenvalue weighted by Gasteiger charge is -2.56. The van der Waals surface area contributed by atoms with Crippen LogP contribution >= 0.6 is 0 Å². The Morgan fingerprint density at radius 1 is 1.50 bits per heavy atom. The third kappa shape index (κ3) is 1.51.